The van der Waals surface area contributed by atoms with Crippen molar-refractivity contribution in [1.82, 2.24) is 10.2 Å². The van der Waals surface area contributed by atoms with Crippen molar-refractivity contribution in [1.29, 1.82) is 0 Å². The molecule has 0 aromatic heterocycles. The quantitative estimate of drug-likeness (QED) is 0.927. The molecule has 0 unspecified atom stereocenters. The fourth-order valence-corrected chi connectivity index (χ4v) is 3.16. The van der Waals surface area contributed by atoms with E-state index < -0.39 is 17.6 Å². The number of morpholine rings is 1. The van der Waals surface area contributed by atoms with E-state index in [-0.39, 0.29) is 23.8 Å². The number of nitrogens with one attached hydrogen (secondary N) is 1. The van der Waals surface area contributed by atoms with Crippen LogP contribution in [0.1, 0.15) is 40.4 Å². The molecule has 0 aliphatic carbocycles. The molecule has 4 nitrogen and oxygen atoms in total. The predicted molar refractivity (Wildman–Crippen MR) is 77.9 cm³/mol. The van der Waals surface area contributed by atoms with Crippen LogP contribution in [0.4, 0.5) is 13.2 Å². The van der Waals surface area contributed by atoms with Gasteiger partial charge in [-0.05, 0) is 29.7 Å². The van der Waals surface area contributed by atoms with E-state index in [1.54, 1.807) is 6.07 Å². The van der Waals surface area contributed by atoms with Crippen LogP contribution in [0, 0.1) is 0 Å². The first kappa shape index (κ1) is 16.3. The smallest absolute Gasteiger partial charge is 0.376 e. The molecule has 126 valence electrons. The first-order chi connectivity index (χ1) is 10.9. The zero-order valence-electron chi connectivity index (χ0n) is 12.9. The highest BCUT2D eigenvalue weighted by atomic mass is 19.4. The number of carbonyl (C=O) groups excluding carboxylic acids is 1. The summed E-state index contributed by atoms with van der Waals surface area (Å²) in [5, 5.41) is 2.47. The minimum atomic E-state index is -4.46. The van der Waals surface area contributed by atoms with Crippen molar-refractivity contribution in [2.24, 2.45) is 0 Å². The van der Waals surface area contributed by atoms with Crippen molar-refractivity contribution in [3.8, 4) is 0 Å². The number of alkyl halides is 3. The number of benzene rings is 1. The Kier molecular flexibility index (Phi) is 4.33. The second-order valence-corrected chi connectivity index (χ2v) is 5.99. The van der Waals surface area contributed by atoms with Crippen molar-refractivity contribution in [3.05, 3.63) is 34.4 Å². The second-order valence-electron chi connectivity index (χ2n) is 5.99. The first-order valence-corrected chi connectivity index (χ1v) is 7.73. The van der Waals surface area contributed by atoms with E-state index in [9.17, 15) is 18.0 Å². The van der Waals surface area contributed by atoms with Crippen LogP contribution in [-0.4, -0.2) is 36.6 Å². The highest BCUT2D eigenvalue weighted by Gasteiger charge is 2.37. The number of rotatable bonds is 3. The minimum Gasteiger partial charge on any atom is -0.376 e. The lowest BCUT2D eigenvalue weighted by Gasteiger charge is -2.32. The summed E-state index contributed by atoms with van der Waals surface area (Å²) in [4.78, 5) is 13.9. The molecule has 1 aromatic carbocycles. The molecule has 23 heavy (non-hydrogen) atoms. The van der Waals surface area contributed by atoms with Gasteiger partial charge in [0.15, 0.2) is 0 Å². The van der Waals surface area contributed by atoms with Crippen LogP contribution in [0.5, 0.6) is 0 Å². The Balaban J connectivity index is 1.88. The Hall–Kier alpha value is -1.60. The van der Waals surface area contributed by atoms with Gasteiger partial charge in [-0.25, -0.2) is 0 Å². The van der Waals surface area contributed by atoms with Crippen LogP contribution in [-0.2, 0) is 24.0 Å². The van der Waals surface area contributed by atoms with Gasteiger partial charge in [-0.1, -0.05) is 6.92 Å². The normalized spacial score (nSPS) is 22.1. The van der Waals surface area contributed by atoms with Crippen molar-refractivity contribution in [2.75, 3.05) is 19.7 Å². The number of nitrogens with zero attached hydrogens (tertiary/aromatic N) is 1. The molecule has 7 heteroatoms. The monoisotopic (exact) mass is 328 g/mol. The van der Waals surface area contributed by atoms with Crippen LogP contribution in [0.2, 0.25) is 0 Å². The van der Waals surface area contributed by atoms with Gasteiger partial charge in [0, 0.05) is 31.7 Å². The molecular weight excluding hydrogens is 309 g/mol. The molecule has 1 atom stereocenters. The molecule has 3 rings (SSSR count). The van der Waals surface area contributed by atoms with Crippen molar-refractivity contribution in [2.45, 2.75) is 38.7 Å². The maximum Gasteiger partial charge on any atom is 0.416 e. The fourth-order valence-electron chi connectivity index (χ4n) is 3.16. The molecule has 1 fully saturated rings. The first-order valence-electron chi connectivity index (χ1n) is 7.73. The lowest BCUT2D eigenvalue weighted by atomic mass is 9.98. The number of ether oxygens (including phenoxy) is 1. The Morgan fingerprint density at radius 2 is 2.17 bits per heavy atom. The lowest BCUT2D eigenvalue weighted by molar-refractivity contribution is -0.138. The maximum absolute atomic E-state index is 13.3. The third-order valence-electron chi connectivity index (χ3n) is 4.37. The highest BCUT2D eigenvalue weighted by molar-refractivity contribution is 5.99. The molecule has 1 N–H and O–H groups in total. The summed E-state index contributed by atoms with van der Waals surface area (Å²) in [6.45, 7) is 4.32. The summed E-state index contributed by atoms with van der Waals surface area (Å²) >= 11 is 0. The van der Waals surface area contributed by atoms with Crippen LogP contribution in [0.3, 0.4) is 0 Å². The second kappa shape index (κ2) is 6.13. The van der Waals surface area contributed by atoms with Gasteiger partial charge < -0.3 is 10.1 Å². The molecule has 2 aliphatic heterocycles. The van der Waals surface area contributed by atoms with E-state index in [0.29, 0.717) is 31.8 Å². The van der Waals surface area contributed by atoms with E-state index in [1.807, 2.05) is 6.92 Å². The van der Waals surface area contributed by atoms with Gasteiger partial charge in [0.2, 0.25) is 0 Å². The molecule has 1 amide bonds. The molecule has 2 aliphatic rings. The number of hydrogen-bond donors (Lipinski definition) is 1. The zero-order valence-corrected chi connectivity index (χ0v) is 12.9. The number of halogens is 3. The highest BCUT2D eigenvalue weighted by Crippen LogP contribution is 2.36. The maximum atomic E-state index is 13.3. The van der Waals surface area contributed by atoms with Gasteiger partial charge in [-0.15, -0.1) is 0 Å². The molecule has 1 aromatic rings. The average molecular weight is 328 g/mol. The Morgan fingerprint density at radius 3 is 2.87 bits per heavy atom. The van der Waals surface area contributed by atoms with Gasteiger partial charge in [-0.2, -0.15) is 13.2 Å². The molecule has 0 saturated carbocycles. The van der Waals surface area contributed by atoms with E-state index in [0.717, 1.165) is 6.42 Å². The third kappa shape index (κ3) is 3.35. The van der Waals surface area contributed by atoms with Gasteiger partial charge in [0.25, 0.3) is 5.91 Å². The number of fused-ring (bicyclic) bond motifs is 1. The largest absolute Gasteiger partial charge is 0.416 e. The summed E-state index contributed by atoms with van der Waals surface area (Å²) in [6.07, 6.45) is -3.47. The van der Waals surface area contributed by atoms with E-state index in [1.165, 1.54) is 6.07 Å². The van der Waals surface area contributed by atoms with Crippen molar-refractivity contribution in [3.63, 3.8) is 0 Å². The minimum absolute atomic E-state index is 0.0552. The Labute approximate surface area is 132 Å². The SMILES string of the molecule is CC[C@H]1CN(Cc2cc3c(c(C(F)(F)F)c2)CNC3=O)CCO1. The van der Waals surface area contributed by atoms with E-state index >= 15 is 0 Å². The summed E-state index contributed by atoms with van der Waals surface area (Å²) in [6, 6.07) is 2.76. The van der Waals surface area contributed by atoms with Gasteiger partial charge in [-0.3, -0.25) is 9.69 Å². The molecular formula is C16H19F3N2O2. The Morgan fingerprint density at radius 1 is 1.39 bits per heavy atom. The van der Waals surface area contributed by atoms with Gasteiger partial charge in [0.1, 0.15) is 0 Å². The molecule has 0 bridgehead atoms. The van der Waals surface area contributed by atoms with Crippen LogP contribution < -0.4 is 5.32 Å². The third-order valence-corrected chi connectivity index (χ3v) is 4.37. The summed E-state index contributed by atoms with van der Waals surface area (Å²) in [5.74, 6) is -0.430. The van der Waals surface area contributed by atoms with Crippen LogP contribution in [0.15, 0.2) is 12.1 Å². The summed E-state index contributed by atoms with van der Waals surface area (Å²) < 4.78 is 45.4. The Bertz CT molecular complexity index is 616. The molecule has 0 spiro atoms. The van der Waals surface area contributed by atoms with Crippen LogP contribution in [0.25, 0.3) is 0 Å². The predicted octanol–water partition coefficient (Wildman–Crippen LogP) is 2.56. The van der Waals surface area contributed by atoms with Crippen molar-refractivity contribution >= 4 is 5.91 Å². The zero-order chi connectivity index (χ0) is 16.6. The van der Waals surface area contributed by atoms with Gasteiger partial charge >= 0.3 is 6.18 Å². The number of amides is 1. The molecule has 2 heterocycles. The number of hydrogen-bond acceptors (Lipinski definition) is 3. The van der Waals surface area contributed by atoms with Crippen molar-refractivity contribution < 1.29 is 22.7 Å². The molecule has 1 saturated heterocycles. The number of carbonyl (C=O) groups is 1. The lowest BCUT2D eigenvalue weighted by Crippen LogP contribution is -2.41. The summed E-state index contributed by atoms with van der Waals surface area (Å²) in [7, 11) is 0. The van der Waals surface area contributed by atoms with E-state index in [2.05, 4.69) is 10.2 Å². The average Bonchev–Trinajstić information content (AvgIpc) is 2.87. The topological polar surface area (TPSA) is 41.6 Å². The van der Waals surface area contributed by atoms with E-state index in [4.69, 9.17) is 4.74 Å². The molecule has 0 radical (unpaired) electrons. The standard InChI is InChI=1S/C16H19F3N2O2/c1-2-11-9-21(3-4-23-11)8-10-5-12-13(7-20-15(12)22)14(6-10)16(17,18)19/h5-6,11H,2-4,7-9H2,1H3,(H,20,22)/t11-/m0/s1. The fraction of sp³-hybridized carbons (Fsp3) is 0.562. The van der Waals surface area contributed by atoms with Gasteiger partial charge in [0.05, 0.1) is 18.3 Å². The summed E-state index contributed by atoms with van der Waals surface area (Å²) in [5.41, 5.74) is 0.0170. The van der Waals surface area contributed by atoms with Crippen LogP contribution >= 0.6 is 0 Å².